The molecule has 1 fully saturated rings. The number of aromatic nitrogens is 2. The van der Waals surface area contributed by atoms with Gasteiger partial charge < -0.3 is 9.74 Å². The first-order chi connectivity index (χ1) is 7.29. The highest BCUT2D eigenvalue weighted by molar-refractivity contribution is 5.37. The first kappa shape index (κ1) is 10.3. The maximum Gasteiger partial charge on any atom is 0.151 e. The molecule has 0 aliphatic carbocycles. The lowest BCUT2D eigenvalue weighted by Gasteiger charge is -2.33. The van der Waals surface area contributed by atoms with Gasteiger partial charge in [-0.15, -0.1) is 5.10 Å². The van der Waals surface area contributed by atoms with Crippen molar-refractivity contribution in [2.75, 3.05) is 38.2 Å². The van der Waals surface area contributed by atoms with Crippen LogP contribution in [0.15, 0.2) is 12.1 Å². The summed E-state index contributed by atoms with van der Waals surface area (Å²) in [6, 6.07) is 4.01. The molecule has 0 radical (unpaired) electrons. The van der Waals surface area contributed by atoms with Crippen molar-refractivity contribution in [1.82, 2.24) is 15.3 Å². The molecule has 0 atom stereocenters. The standard InChI is InChI=1S/C10H16N4O/c1-9-3-4-10(12-11-9)13-5-7-14(15-2)8-6-13/h3-4H,5-8H2,1-2H3. The second kappa shape index (κ2) is 4.55. The average molecular weight is 208 g/mol. The number of hydrogen-bond acceptors (Lipinski definition) is 5. The highest BCUT2D eigenvalue weighted by Crippen LogP contribution is 2.12. The molecular formula is C10H16N4O. The minimum absolute atomic E-state index is 0.909. The second-order valence-electron chi connectivity index (χ2n) is 3.63. The van der Waals surface area contributed by atoms with Crippen molar-refractivity contribution in [3.05, 3.63) is 17.8 Å². The van der Waals surface area contributed by atoms with Crippen molar-refractivity contribution in [2.24, 2.45) is 0 Å². The van der Waals surface area contributed by atoms with E-state index in [1.807, 2.05) is 24.1 Å². The molecule has 5 heteroatoms. The molecule has 0 unspecified atom stereocenters. The topological polar surface area (TPSA) is 41.5 Å². The van der Waals surface area contributed by atoms with Crippen LogP contribution in [-0.2, 0) is 4.84 Å². The van der Waals surface area contributed by atoms with Crippen molar-refractivity contribution in [3.8, 4) is 0 Å². The summed E-state index contributed by atoms with van der Waals surface area (Å²) >= 11 is 0. The normalized spacial score (nSPS) is 18.1. The van der Waals surface area contributed by atoms with Crippen molar-refractivity contribution in [3.63, 3.8) is 0 Å². The van der Waals surface area contributed by atoms with E-state index >= 15 is 0 Å². The molecule has 0 N–H and O–H groups in total. The Morgan fingerprint density at radius 1 is 1.13 bits per heavy atom. The third kappa shape index (κ3) is 2.43. The van der Waals surface area contributed by atoms with Gasteiger partial charge in [-0.25, -0.2) is 0 Å². The van der Waals surface area contributed by atoms with Gasteiger partial charge in [0.15, 0.2) is 5.82 Å². The number of hydroxylamine groups is 2. The zero-order chi connectivity index (χ0) is 10.7. The van der Waals surface area contributed by atoms with E-state index in [1.165, 1.54) is 0 Å². The van der Waals surface area contributed by atoms with Crippen molar-refractivity contribution >= 4 is 5.82 Å². The van der Waals surface area contributed by atoms with Gasteiger partial charge in [0, 0.05) is 26.2 Å². The number of nitrogens with zero attached hydrogens (tertiary/aromatic N) is 4. The number of piperazine rings is 1. The summed E-state index contributed by atoms with van der Waals surface area (Å²) in [4.78, 5) is 7.39. The Morgan fingerprint density at radius 3 is 2.40 bits per heavy atom. The largest absolute Gasteiger partial charge is 0.352 e. The highest BCUT2D eigenvalue weighted by atomic mass is 16.7. The summed E-state index contributed by atoms with van der Waals surface area (Å²) < 4.78 is 0. The van der Waals surface area contributed by atoms with Gasteiger partial charge >= 0.3 is 0 Å². The van der Waals surface area contributed by atoms with Gasteiger partial charge in [0.1, 0.15) is 0 Å². The Balaban J connectivity index is 1.98. The molecule has 5 nitrogen and oxygen atoms in total. The third-order valence-corrected chi connectivity index (χ3v) is 2.60. The van der Waals surface area contributed by atoms with E-state index in [9.17, 15) is 0 Å². The smallest absolute Gasteiger partial charge is 0.151 e. The molecule has 15 heavy (non-hydrogen) atoms. The van der Waals surface area contributed by atoms with Gasteiger partial charge in [-0.05, 0) is 19.1 Å². The van der Waals surface area contributed by atoms with E-state index < -0.39 is 0 Å². The van der Waals surface area contributed by atoms with Crippen LogP contribution in [0.2, 0.25) is 0 Å². The van der Waals surface area contributed by atoms with Crippen LogP contribution in [0.3, 0.4) is 0 Å². The van der Waals surface area contributed by atoms with Gasteiger partial charge in [0.25, 0.3) is 0 Å². The molecule has 0 aromatic carbocycles. The lowest BCUT2D eigenvalue weighted by atomic mass is 10.3. The minimum Gasteiger partial charge on any atom is -0.352 e. The molecule has 0 spiro atoms. The summed E-state index contributed by atoms with van der Waals surface area (Å²) in [7, 11) is 1.71. The Labute approximate surface area is 89.6 Å². The molecule has 1 aromatic heterocycles. The molecule has 82 valence electrons. The molecule has 1 aromatic rings. The fourth-order valence-corrected chi connectivity index (χ4v) is 1.66. The lowest BCUT2D eigenvalue weighted by molar-refractivity contribution is -0.133. The summed E-state index contributed by atoms with van der Waals surface area (Å²) in [5.74, 6) is 0.955. The Kier molecular flexibility index (Phi) is 3.13. The van der Waals surface area contributed by atoms with E-state index in [-0.39, 0.29) is 0 Å². The maximum atomic E-state index is 5.17. The van der Waals surface area contributed by atoms with Crippen LogP contribution in [0.5, 0.6) is 0 Å². The maximum absolute atomic E-state index is 5.17. The van der Waals surface area contributed by atoms with Gasteiger partial charge in [-0.1, -0.05) is 0 Å². The van der Waals surface area contributed by atoms with Crippen molar-refractivity contribution < 1.29 is 4.84 Å². The van der Waals surface area contributed by atoms with Crippen LogP contribution < -0.4 is 4.90 Å². The molecule has 0 amide bonds. The van der Waals surface area contributed by atoms with Crippen LogP contribution in [0.1, 0.15) is 5.69 Å². The zero-order valence-corrected chi connectivity index (χ0v) is 9.18. The van der Waals surface area contributed by atoms with Gasteiger partial charge in [-0.3, -0.25) is 0 Å². The Hall–Kier alpha value is -1.20. The van der Waals surface area contributed by atoms with Crippen LogP contribution in [-0.4, -0.2) is 48.5 Å². The molecule has 2 heterocycles. The van der Waals surface area contributed by atoms with Gasteiger partial charge in [0.05, 0.1) is 12.8 Å². The first-order valence-corrected chi connectivity index (χ1v) is 5.14. The fraction of sp³-hybridized carbons (Fsp3) is 0.600. The summed E-state index contributed by atoms with van der Waals surface area (Å²) in [6.07, 6.45) is 0. The molecule has 1 aliphatic rings. The van der Waals surface area contributed by atoms with Crippen LogP contribution >= 0.6 is 0 Å². The Bertz CT molecular complexity index is 306. The van der Waals surface area contributed by atoms with E-state index in [2.05, 4.69) is 15.1 Å². The third-order valence-electron chi connectivity index (χ3n) is 2.60. The summed E-state index contributed by atoms with van der Waals surface area (Å²) in [5, 5.41) is 10.2. The summed E-state index contributed by atoms with van der Waals surface area (Å²) in [6.45, 7) is 5.63. The van der Waals surface area contributed by atoms with E-state index in [0.717, 1.165) is 37.7 Å². The van der Waals surface area contributed by atoms with Crippen LogP contribution in [0.4, 0.5) is 5.82 Å². The lowest BCUT2D eigenvalue weighted by Crippen LogP contribution is -2.46. The predicted octanol–water partition coefficient (Wildman–Crippen LogP) is 0.468. The molecule has 1 aliphatic heterocycles. The van der Waals surface area contributed by atoms with Crippen LogP contribution in [0.25, 0.3) is 0 Å². The zero-order valence-electron chi connectivity index (χ0n) is 9.18. The second-order valence-corrected chi connectivity index (χ2v) is 3.63. The Morgan fingerprint density at radius 2 is 1.87 bits per heavy atom. The number of rotatable bonds is 2. The number of hydrogen-bond donors (Lipinski definition) is 0. The fourth-order valence-electron chi connectivity index (χ4n) is 1.66. The van der Waals surface area contributed by atoms with Crippen molar-refractivity contribution in [2.45, 2.75) is 6.92 Å². The number of anilines is 1. The average Bonchev–Trinajstić information content (AvgIpc) is 2.30. The monoisotopic (exact) mass is 208 g/mol. The van der Waals surface area contributed by atoms with Gasteiger partial charge in [-0.2, -0.15) is 10.2 Å². The van der Waals surface area contributed by atoms with Gasteiger partial charge in [0.2, 0.25) is 0 Å². The first-order valence-electron chi connectivity index (χ1n) is 5.14. The van der Waals surface area contributed by atoms with E-state index in [4.69, 9.17) is 4.84 Å². The molecule has 0 bridgehead atoms. The van der Waals surface area contributed by atoms with E-state index in [1.54, 1.807) is 7.11 Å². The predicted molar refractivity (Wildman–Crippen MR) is 57.6 cm³/mol. The summed E-state index contributed by atoms with van der Waals surface area (Å²) in [5.41, 5.74) is 0.953. The van der Waals surface area contributed by atoms with Crippen molar-refractivity contribution in [1.29, 1.82) is 0 Å². The number of aryl methyl sites for hydroxylation is 1. The quantitative estimate of drug-likeness (QED) is 0.706. The minimum atomic E-state index is 0.909. The molecule has 1 saturated heterocycles. The molecule has 0 saturated carbocycles. The highest BCUT2D eigenvalue weighted by Gasteiger charge is 2.17. The van der Waals surface area contributed by atoms with Crippen LogP contribution in [0, 0.1) is 6.92 Å². The van der Waals surface area contributed by atoms with E-state index in [0.29, 0.717) is 0 Å². The SMILES string of the molecule is CON1CCN(c2ccc(C)nn2)CC1. The molecular weight excluding hydrogens is 192 g/mol. The molecule has 2 rings (SSSR count).